The summed E-state index contributed by atoms with van der Waals surface area (Å²) in [5, 5.41) is 0. The van der Waals surface area contributed by atoms with Gasteiger partial charge in [0.05, 0.1) is 13.2 Å². The second-order valence-corrected chi connectivity index (χ2v) is 8.28. The molecule has 0 aliphatic heterocycles. The van der Waals surface area contributed by atoms with E-state index in [0.29, 0.717) is 6.42 Å². The molecule has 6 nitrogen and oxygen atoms in total. The van der Waals surface area contributed by atoms with Crippen LogP contribution in [0.5, 0.6) is 5.75 Å². The number of likely N-dealkylation sites (N-methyl/N-ethyl adjacent to an activating group) is 1. The van der Waals surface area contributed by atoms with Crippen LogP contribution in [0.1, 0.15) is 45.7 Å². The van der Waals surface area contributed by atoms with E-state index >= 15 is 0 Å². The average molecular weight is 379 g/mol. The van der Waals surface area contributed by atoms with Crippen LogP contribution in [-0.4, -0.2) is 48.6 Å². The van der Waals surface area contributed by atoms with E-state index in [1.807, 2.05) is 39.0 Å². The second-order valence-electron chi connectivity index (χ2n) is 8.28. The monoisotopic (exact) mass is 378 g/mol. The molecule has 0 fully saturated rings. The Morgan fingerprint density at radius 2 is 1.81 bits per heavy atom. The highest BCUT2D eigenvalue weighted by atomic mass is 16.6. The van der Waals surface area contributed by atoms with Crippen LogP contribution in [0.15, 0.2) is 18.2 Å². The van der Waals surface area contributed by atoms with Crippen LogP contribution in [0.25, 0.3) is 0 Å². The Morgan fingerprint density at radius 3 is 2.26 bits per heavy atom. The zero-order valence-electron chi connectivity index (χ0n) is 17.8. The minimum absolute atomic E-state index is 0.0255. The molecule has 1 aromatic carbocycles. The highest BCUT2D eigenvalue weighted by molar-refractivity contribution is 5.87. The molecule has 0 unspecified atom stereocenters. The number of nitrogens with zero attached hydrogens (tertiary/aromatic N) is 1. The van der Waals surface area contributed by atoms with Crippen LogP contribution in [0, 0.1) is 12.8 Å². The predicted octanol–water partition coefficient (Wildman–Crippen LogP) is 2.70. The van der Waals surface area contributed by atoms with Crippen LogP contribution in [-0.2, 0) is 20.7 Å². The number of carbonyl (C=O) groups is 2. The van der Waals surface area contributed by atoms with Gasteiger partial charge in [-0.05, 0) is 50.8 Å². The number of methoxy groups -OCH3 is 1. The number of ether oxygens (including phenoxy) is 2. The van der Waals surface area contributed by atoms with Crippen molar-refractivity contribution in [3.63, 3.8) is 0 Å². The summed E-state index contributed by atoms with van der Waals surface area (Å²) in [6.45, 7) is 11.1. The molecule has 6 heteroatoms. The quantitative estimate of drug-likeness (QED) is 0.738. The van der Waals surface area contributed by atoms with E-state index in [-0.39, 0.29) is 11.8 Å². The van der Waals surface area contributed by atoms with Crippen molar-refractivity contribution in [2.75, 3.05) is 14.2 Å². The van der Waals surface area contributed by atoms with Crippen LogP contribution < -0.4 is 10.5 Å². The first-order valence-corrected chi connectivity index (χ1v) is 9.26. The summed E-state index contributed by atoms with van der Waals surface area (Å²) in [4.78, 5) is 27.0. The van der Waals surface area contributed by atoms with E-state index in [0.717, 1.165) is 16.9 Å². The molecule has 0 saturated heterocycles. The molecule has 0 aromatic heterocycles. The highest BCUT2D eigenvalue weighted by Gasteiger charge is 2.34. The first-order chi connectivity index (χ1) is 12.4. The van der Waals surface area contributed by atoms with Gasteiger partial charge >= 0.3 is 5.97 Å². The molecule has 27 heavy (non-hydrogen) atoms. The van der Waals surface area contributed by atoms with Crippen LogP contribution in [0.2, 0.25) is 0 Å². The number of esters is 1. The van der Waals surface area contributed by atoms with Crippen molar-refractivity contribution >= 4 is 11.9 Å². The summed E-state index contributed by atoms with van der Waals surface area (Å²) in [6, 6.07) is 4.28. The number of rotatable bonds is 7. The number of hydrogen-bond acceptors (Lipinski definition) is 5. The molecule has 2 atom stereocenters. The number of hydrogen-bond donors (Lipinski definition) is 1. The number of benzene rings is 1. The van der Waals surface area contributed by atoms with Gasteiger partial charge in [-0.3, -0.25) is 4.79 Å². The summed E-state index contributed by atoms with van der Waals surface area (Å²) >= 11 is 0. The number of aryl methyl sites for hydroxylation is 1. The van der Waals surface area contributed by atoms with Crippen LogP contribution in [0.4, 0.5) is 0 Å². The lowest BCUT2D eigenvalue weighted by Crippen LogP contribution is -2.53. The lowest BCUT2D eigenvalue weighted by molar-refractivity contribution is -0.164. The summed E-state index contributed by atoms with van der Waals surface area (Å²) in [5.74, 6) is 0.0372. The fourth-order valence-corrected chi connectivity index (χ4v) is 2.71. The summed E-state index contributed by atoms with van der Waals surface area (Å²) in [5.41, 5.74) is 7.26. The molecule has 0 heterocycles. The molecule has 0 aliphatic rings. The molecule has 0 saturated carbocycles. The van der Waals surface area contributed by atoms with Crippen molar-refractivity contribution in [1.29, 1.82) is 0 Å². The van der Waals surface area contributed by atoms with Crippen molar-refractivity contribution in [3.05, 3.63) is 29.3 Å². The molecule has 0 spiro atoms. The Hall–Kier alpha value is -2.08. The lowest BCUT2D eigenvalue weighted by atomic mass is 9.99. The van der Waals surface area contributed by atoms with Gasteiger partial charge in [-0.2, -0.15) is 0 Å². The van der Waals surface area contributed by atoms with Gasteiger partial charge in [0.2, 0.25) is 5.91 Å². The largest absolute Gasteiger partial charge is 0.496 e. The van der Waals surface area contributed by atoms with E-state index in [1.165, 1.54) is 4.90 Å². The van der Waals surface area contributed by atoms with Gasteiger partial charge in [-0.1, -0.05) is 26.0 Å². The molecule has 0 bridgehead atoms. The van der Waals surface area contributed by atoms with Crippen molar-refractivity contribution < 1.29 is 19.1 Å². The van der Waals surface area contributed by atoms with Gasteiger partial charge in [0.1, 0.15) is 17.4 Å². The maximum absolute atomic E-state index is 12.8. The zero-order valence-corrected chi connectivity index (χ0v) is 17.8. The van der Waals surface area contributed by atoms with Gasteiger partial charge in [0.25, 0.3) is 0 Å². The van der Waals surface area contributed by atoms with Gasteiger partial charge in [0, 0.05) is 13.5 Å². The maximum atomic E-state index is 12.8. The smallest absolute Gasteiger partial charge is 0.329 e. The third kappa shape index (κ3) is 6.54. The summed E-state index contributed by atoms with van der Waals surface area (Å²) in [7, 11) is 3.22. The van der Waals surface area contributed by atoms with E-state index in [4.69, 9.17) is 15.2 Å². The van der Waals surface area contributed by atoms with Crippen LogP contribution >= 0.6 is 0 Å². The average Bonchev–Trinajstić information content (AvgIpc) is 2.56. The molecular weight excluding hydrogens is 344 g/mol. The molecular formula is C21H34N2O4. The second kappa shape index (κ2) is 9.22. The molecule has 1 rings (SSSR count). The number of amides is 1. The molecule has 152 valence electrons. The Bertz CT molecular complexity index is 665. The zero-order chi connectivity index (χ0) is 20.9. The van der Waals surface area contributed by atoms with Crippen molar-refractivity contribution in [1.82, 2.24) is 4.90 Å². The first kappa shape index (κ1) is 23.0. The van der Waals surface area contributed by atoms with Gasteiger partial charge in [-0.15, -0.1) is 0 Å². The van der Waals surface area contributed by atoms with E-state index in [2.05, 4.69) is 0 Å². The standard InChI is InChI=1S/C21H34N2O4/c1-13(2)18(22)19(24)23(7)16(20(25)27-21(4,5)6)12-15-9-10-17(26-8)14(3)11-15/h9-11,13,16,18H,12,22H2,1-8H3/t16-,18-/m0/s1. The van der Waals surface area contributed by atoms with Crippen LogP contribution in [0.3, 0.4) is 0 Å². The predicted molar refractivity (Wildman–Crippen MR) is 107 cm³/mol. The topological polar surface area (TPSA) is 81.9 Å². The normalized spacial score (nSPS) is 13.9. The van der Waals surface area contributed by atoms with Crippen molar-refractivity contribution in [2.24, 2.45) is 11.7 Å². The minimum Gasteiger partial charge on any atom is -0.496 e. The van der Waals surface area contributed by atoms with E-state index in [1.54, 1.807) is 34.9 Å². The summed E-state index contributed by atoms with van der Waals surface area (Å²) < 4.78 is 10.8. The van der Waals surface area contributed by atoms with Crippen molar-refractivity contribution in [2.45, 2.75) is 65.6 Å². The molecule has 0 radical (unpaired) electrons. The van der Waals surface area contributed by atoms with Gasteiger partial charge < -0.3 is 20.1 Å². The van der Waals surface area contributed by atoms with E-state index in [9.17, 15) is 9.59 Å². The van der Waals surface area contributed by atoms with Gasteiger partial charge in [0.15, 0.2) is 0 Å². The number of nitrogens with two attached hydrogens (primary N) is 1. The molecule has 0 aliphatic carbocycles. The van der Waals surface area contributed by atoms with Crippen molar-refractivity contribution in [3.8, 4) is 5.75 Å². The molecule has 2 N–H and O–H groups in total. The maximum Gasteiger partial charge on any atom is 0.329 e. The minimum atomic E-state index is -0.755. The van der Waals surface area contributed by atoms with E-state index < -0.39 is 23.7 Å². The van der Waals surface area contributed by atoms with Gasteiger partial charge in [-0.25, -0.2) is 4.79 Å². The molecule has 1 aromatic rings. The highest BCUT2D eigenvalue weighted by Crippen LogP contribution is 2.22. The third-order valence-corrected chi connectivity index (χ3v) is 4.39. The Labute approximate surface area is 163 Å². The fraction of sp³-hybridized carbons (Fsp3) is 0.619. The lowest BCUT2D eigenvalue weighted by Gasteiger charge is -2.32. The molecule has 1 amide bonds. The summed E-state index contributed by atoms with van der Waals surface area (Å²) in [6.07, 6.45) is 0.340. The Morgan fingerprint density at radius 1 is 1.22 bits per heavy atom. The SMILES string of the molecule is COc1ccc(C[C@@H](C(=O)OC(C)(C)C)N(C)C(=O)[C@@H](N)C(C)C)cc1C. The Balaban J connectivity index is 3.15. The number of carbonyl (C=O) groups excluding carboxylic acids is 2. The fourth-order valence-electron chi connectivity index (χ4n) is 2.71. The Kier molecular flexibility index (Phi) is 7.84. The third-order valence-electron chi connectivity index (χ3n) is 4.39. The first-order valence-electron chi connectivity index (χ1n) is 9.26.